The van der Waals surface area contributed by atoms with Crippen molar-refractivity contribution in [3.8, 4) is 22.9 Å². The second-order valence-electron chi connectivity index (χ2n) is 15.1. The predicted octanol–water partition coefficient (Wildman–Crippen LogP) is 11.0. The van der Waals surface area contributed by atoms with Gasteiger partial charge >= 0.3 is 0 Å². The van der Waals surface area contributed by atoms with E-state index in [-0.39, 0.29) is 0 Å². The molecular weight excluding hydrogens is 593 g/mol. The van der Waals surface area contributed by atoms with Crippen molar-refractivity contribution < 1.29 is 0 Å². The smallest absolute Gasteiger partial charge is 0.146 e. The average Bonchev–Trinajstić information content (AvgIpc) is 2.99. The third-order valence-corrected chi connectivity index (χ3v) is 23.6. The molecule has 0 radical (unpaired) electrons. The molecule has 0 amide bonds. The van der Waals surface area contributed by atoms with Crippen molar-refractivity contribution in [2.45, 2.75) is 116 Å². The largest absolute Gasteiger partial charge is 0.158 e. The van der Waals surface area contributed by atoms with Crippen LogP contribution in [0.5, 0.6) is 0 Å². The van der Waals surface area contributed by atoms with Crippen LogP contribution in [0.3, 0.4) is 0 Å². The predicted molar refractivity (Wildman–Crippen MR) is 203 cm³/mol. The molecule has 2 heterocycles. The van der Waals surface area contributed by atoms with Crippen LogP contribution in [0.4, 0.5) is 0 Å². The molecule has 0 aliphatic heterocycles. The van der Waals surface area contributed by atoms with Crippen LogP contribution >= 0.6 is 0 Å². The highest BCUT2D eigenvalue weighted by Crippen LogP contribution is 2.43. The van der Waals surface area contributed by atoms with E-state index >= 15 is 0 Å². The van der Waals surface area contributed by atoms with Crippen LogP contribution in [0.2, 0.25) is 33.2 Å². The lowest BCUT2D eigenvalue weighted by molar-refractivity contribution is 0.838. The molecule has 46 heavy (non-hydrogen) atoms. The molecule has 0 aliphatic carbocycles. The quantitative estimate of drug-likeness (QED) is 0.105. The Morgan fingerprint density at radius 3 is 0.804 bits per heavy atom. The van der Waals surface area contributed by atoms with Gasteiger partial charge in [-0.2, -0.15) is 20.4 Å². The van der Waals surface area contributed by atoms with Crippen LogP contribution < -0.4 is 0 Å². The summed E-state index contributed by atoms with van der Waals surface area (Å²) in [6.45, 7) is 28.5. The molecule has 0 unspecified atom stereocenters. The molecule has 5 aromatic rings. The first kappa shape index (κ1) is 33.8. The SMILES string of the molecule is CC(C)[Si](C#Cc1c2cc3cnncc3cc2c(C#C[Si](C(C)C)(C(C)C)C(C)C)c2cc3cnncc3cc12)(C(C)C)C(C)C. The highest BCUT2D eigenvalue weighted by Gasteiger charge is 2.42. The van der Waals surface area contributed by atoms with E-state index in [4.69, 9.17) is 0 Å². The lowest BCUT2D eigenvalue weighted by Gasteiger charge is -2.38. The summed E-state index contributed by atoms with van der Waals surface area (Å²) in [5, 5.41) is 25.7. The Hall–Kier alpha value is -3.59. The number of nitrogens with zero attached hydrogens (tertiary/aromatic N) is 4. The molecular formula is C40H50N4Si2. The summed E-state index contributed by atoms with van der Waals surface area (Å²) < 4.78 is 0. The summed E-state index contributed by atoms with van der Waals surface area (Å²) >= 11 is 0. The number of benzene rings is 3. The molecule has 238 valence electrons. The lowest BCUT2D eigenvalue weighted by atomic mass is 9.90. The number of aromatic nitrogens is 4. The van der Waals surface area contributed by atoms with Gasteiger partial charge in [-0.15, -0.1) is 11.1 Å². The molecule has 0 saturated heterocycles. The summed E-state index contributed by atoms with van der Waals surface area (Å²) in [4.78, 5) is 0. The van der Waals surface area contributed by atoms with Gasteiger partial charge in [-0.05, 0) is 79.1 Å². The third-order valence-electron chi connectivity index (χ3n) is 11.0. The average molecular weight is 643 g/mol. The molecule has 5 rings (SSSR count). The van der Waals surface area contributed by atoms with E-state index in [0.717, 1.165) is 54.2 Å². The maximum atomic E-state index is 4.24. The summed E-state index contributed by atoms with van der Waals surface area (Å²) in [6.07, 6.45) is 7.45. The van der Waals surface area contributed by atoms with Gasteiger partial charge in [-0.3, -0.25) is 0 Å². The van der Waals surface area contributed by atoms with Crippen molar-refractivity contribution in [1.82, 2.24) is 20.4 Å². The fraction of sp³-hybridized carbons (Fsp3) is 0.450. The minimum atomic E-state index is -2.01. The van der Waals surface area contributed by atoms with E-state index in [0.29, 0.717) is 33.2 Å². The molecule has 0 atom stereocenters. The summed E-state index contributed by atoms with van der Waals surface area (Å²) in [5.74, 6) is 7.80. The topological polar surface area (TPSA) is 51.6 Å². The van der Waals surface area contributed by atoms with Crippen molar-refractivity contribution in [1.29, 1.82) is 0 Å². The van der Waals surface area contributed by atoms with Gasteiger partial charge in [0.2, 0.25) is 0 Å². The standard InChI is InChI=1S/C40H50N4Si2/c1-25(2)45(26(3)4,27(5)6)15-13-35-37-17-31-21-41-43-23-33(31)19-39(37)36(14-16-46(28(7)8,29(9)10)30(11)12)40-20-34-24-44-42-22-32(34)18-38(35)40/h17-30H,1-12H3. The van der Waals surface area contributed by atoms with Gasteiger partial charge in [-0.1, -0.05) is 94.9 Å². The van der Waals surface area contributed by atoms with Gasteiger partial charge in [0.15, 0.2) is 0 Å². The molecule has 0 fully saturated rings. The van der Waals surface area contributed by atoms with E-state index < -0.39 is 16.1 Å². The molecule has 0 aliphatic rings. The van der Waals surface area contributed by atoms with Gasteiger partial charge in [0.1, 0.15) is 16.1 Å². The first-order valence-electron chi connectivity index (χ1n) is 17.1. The van der Waals surface area contributed by atoms with Gasteiger partial charge in [0, 0.05) is 32.7 Å². The van der Waals surface area contributed by atoms with Gasteiger partial charge in [0.05, 0.1) is 24.8 Å². The molecule has 4 nitrogen and oxygen atoms in total. The Balaban J connectivity index is 2.02. The van der Waals surface area contributed by atoms with Crippen LogP contribution in [-0.4, -0.2) is 36.5 Å². The Morgan fingerprint density at radius 1 is 0.391 bits per heavy atom. The number of fused-ring (bicyclic) bond motifs is 4. The first-order valence-corrected chi connectivity index (χ1v) is 21.5. The Morgan fingerprint density at radius 2 is 0.609 bits per heavy atom. The molecule has 0 N–H and O–H groups in total. The Labute approximate surface area is 278 Å². The number of hydrogen-bond donors (Lipinski definition) is 0. The highest BCUT2D eigenvalue weighted by atomic mass is 28.3. The first-order chi connectivity index (χ1) is 21.7. The zero-order valence-electron chi connectivity index (χ0n) is 29.9. The normalized spacial score (nSPS) is 12.7. The van der Waals surface area contributed by atoms with Gasteiger partial charge < -0.3 is 0 Å². The fourth-order valence-electron chi connectivity index (χ4n) is 8.69. The van der Waals surface area contributed by atoms with Crippen LogP contribution in [0.15, 0.2) is 49.1 Å². The van der Waals surface area contributed by atoms with Crippen LogP contribution in [-0.2, 0) is 0 Å². The zero-order chi connectivity index (χ0) is 33.6. The zero-order valence-corrected chi connectivity index (χ0v) is 31.9. The van der Waals surface area contributed by atoms with Crippen molar-refractivity contribution >= 4 is 59.2 Å². The molecule has 0 spiro atoms. The van der Waals surface area contributed by atoms with Crippen molar-refractivity contribution in [2.24, 2.45) is 0 Å². The summed E-state index contributed by atoms with van der Waals surface area (Å²) in [7, 11) is -4.02. The molecule has 0 bridgehead atoms. The molecule has 3 aromatic carbocycles. The Bertz CT molecular complexity index is 1770. The maximum absolute atomic E-state index is 4.24. The van der Waals surface area contributed by atoms with Gasteiger partial charge in [-0.25, -0.2) is 0 Å². The van der Waals surface area contributed by atoms with Crippen molar-refractivity contribution in [2.75, 3.05) is 0 Å². The van der Waals surface area contributed by atoms with Gasteiger partial charge in [0.25, 0.3) is 0 Å². The van der Waals surface area contributed by atoms with E-state index in [1.54, 1.807) is 0 Å². The summed E-state index contributed by atoms with van der Waals surface area (Å²) in [6, 6.07) is 9.07. The maximum Gasteiger partial charge on any atom is 0.146 e. The van der Waals surface area contributed by atoms with Crippen LogP contribution in [0.1, 0.15) is 94.2 Å². The lowest BCUT2D eigenvalue weighted by Crippen LogP contribution is -2.43. The minimum Gasteiger partial charge on any atom is -0.158 e. The van der Waals surface area contributed by atoms with E-state index in [1.807, 2.05) is 24.8 Å². The molecule has 6 heteroatoms. The van der Waals surface area contributed by atoms with E-state index in [2.05, 4.69) is 151 Å². The highest BCUT2D eigenvalue weighted by molar-refractivity contribution is 6.91. The van der Waals surface area contributed by atoms with Crippen molar-refractivity contribution in [3.05, 3.63) is 60.2 Å². The fourth-order valence-corrected chi connectivity index (χ4v) is 19.1. The summed E-state index contributed by atoms with van der Waals surface area (Å²) in [5.41, 5.74) is 13.5. The second kappa shape index (κ2) is 12.9. The second-order valence-corrected chi connectivity index (χ2v) is 26.2. The molecule has 2 aromatic heterocycles. The van der Waals surface area contributed by atoms with Crippen LogP contribution in [0.25, 0.3) is 43.1 Å². The van der Waals surface area contributed by atoms with E-state index in [1.165, 1.54) is 0 Å². The Kier molecular flexibility index (Phi) is 9.47. The van der Waals surface area contributed by atoms with E-state index in [9.17, 15) is 0 Å². The van der Waals surface area contributed by atoms with Crippen LogP contribution in [0, 0.1) is 22.9 Å². The monoisotopic (exact) mass is 642 g/mol. The van der Waals surface area contributed by atoms with Crippen molar-refractivity contribution in [3.63, 3.8) is 0 Å². The third kappa shape index (κ3) is 5.54. The molecule has 0 saturated carbocycles. The number of hydrogen-bond acceptors (Lipinski definition) is 4. The number of rotatable bonds is 6. The minimum absolute atomic E-state index is 0.538.